The second-order valence-electron chi connectivity index (χ2n) is 7.42. The minimum atomic E-state index is -3.91. The van der Waals surface area contributed by atoms with Gasteiger partial charge in [-0.2, -0.15) is 0 Å². The summed E-state index contributed by atoms with van der Waals surface area (Å²) >= 11 is 0. The van der Waals surface area contributed by atoms with Gasteiger partial charge in [0.2, 0.25) is 10.0 Å². The molecule has 2 aliphatic rings. The number of oxazole rings is 1. The molecule has 0 radical (unpaired) electrons. The summed E-state index contributed by atoms with van der Waals surface area (Å²) in [7, 11) is -3.91. The van der Waals surface area contributed by atoms with Gasteiger partial charge < -0.3 is 14.1 Å². The van der Waals surface area contributed by atoms with E-state index < -0.39 is 10.0 Å². The number of fused-ring (bicyclic) bond motifs is 1. The van der Waals surface area contributed by atoms with Crippen LogP contribution in [0.15, 0.2) is 21.4 Å². The van der Waals surface area contributed by atoms with Gasteiger partial charge in [0.25, 0.3) is 5.91 Å². The number of benzene rings is 1. The predicted molar refractivity (Wildman–Crippen MR) is 100 cm³/mol. The van der Waals surface area contributed by atoms with Gasteiger partial charge in [0.15, 0.2) is 5.89 Å². The normalized spacial score (nSPS) is 19.7. The van der Waals surface area contributed by atoms with E-state index >= 15 is 0 Å². The Labute approximate surface area is 163 Å². The first-order chi connectivity index (χ1) is 13.2. The number of hydrogen-bond acceptors (Lipinski definition) is 6. The molecule has 150 valence electrons. The van der Waals surface area contributed by atoms with Gasteiger partial charge in [-0.05, 0) is 43.5 Å². The Bertz CT molecular complexity index is 1040. The maximum absolute atomic E-state index is 13.0. The molecule has 0 aliphatic carbocycles. The van der Waals surface area contributed by atoms with Crippen molar-refractivity contribution in [3.8, 4) is 0 Å². The van der Waals surface area contributed by atoms with E-state index in [1.165, 1.54) is 6.07 Å². The number of ether oxygens (including phenoxy) is 1. The highest BCUT2D eigenvalue weighted by molar-refractivity contribution is 7.89. The number of amides is 1. The van der Waals surface area contributed by atoms with Crippen LogP contribution in [0, 0.1) is 13.8 Å². The van der Waals surface area contributed by atoms with Gasteiger partial charge in [-0.15, -0.1) is 0 Å². The highest BCUT2D eigenvalue weighted by Crippen LogP contribution is 2.29. The van der Waals surface area contributed by atoms with Gasteiger partial charge in [0.1, 0.15) is 11.5 Å². The maximum Gasteiger partial charge on any atom is 0.254 e. The van der Waals surface area contributed by atoms with E-state index in [9.17, 15) is 13.2 Å². The van der Waals surface area contributed by atoms with Crippen molar-refractivity contribution in [3.05, 3.63) is 46.2 Å². The lowest BCUT2D eigenvalue weighted by Crippen LogP contribution is -2.36. The Hall–Kier alpha value is -2.23. The van der Waals surface area contributed by atoms with Gasteiger partial charge in [-0.1, -0.05) is 0 Å². The second-order valence-corrected chi connectivity index (χ2v) is 8.95. The molecule has 28 heavy (non-hydrogen) atoms. The molecule has 8 nitrogen and oxygen atoms in total. The van der Waals surface area contributed by atoms with Crippen molar-refractivity contribution in [2.24, 2.45) is 5.14 Å². The third-order valence-corrected chi connectivity index (χ3v) is 6.52. The van der Waals surface area contributed by atoms with Crippen LogP contribution in [0.4, 0.5) is 0 Å². The number of carbonyl (C=O) groups is 1. The predicted octanol–water partition coefficient (Wildman–Crippen LogP) is 1.64. The van der Waals surface area contributed by atoms with Crippen LogP contribution >= 0.6 is 0 Å². The summed E-state index contributed by atoms with van der Waals surface area (Å²) in [4.78, 5) is 19.3. The van der Waals surface area contributed by atoms with Crippen LogP contribution < -0.4 is 5.14 Å². The van der Waals surface area contributed by atoms with E-state index in [4.69, 9.17) is 14.3 Å². The number of sulfonamides is 1. The molecule has 1 saturated heterocycles. The van der Waals surface area contributed by atoms with E-state index in [-0.39, 0.29) is 16.7 Å². The molecule has 1 aromatic heterocycles. The van der Waals surface area contributed by atoms with Crippen LogP contribution in [-0.2, 0) is 27.7 Å². The molecule has 4 rings (SSSR count). The molecule has 0 saturated carbocycles. The summed E-state index contributed by atoms with van der Waals surface area (Å²) in [6.07, 6.45) is 1.47. The number of rotatable bonds is 3. The van der Waals surface area contributed by atoms with Crippen LogP contribution in [0.25, 0.3) is 0 Å². The third kappa shape index (κ3) is 3.45. The molecule has 3 heterocycles. The lowest BCUT2D eigenvalue weighted by Gasteiger charge is -2.26. The monoisotopic (exact) mass is 405 g/mol. The van der Waals surface area contributed by atoms with Crippen LogP contribution in [-0.4, -0.2) is 44.0 Å². The molecule has 0 spiro atoms. The number of hydrogen-bond donors (Lipinski definition) is 1. The molecule has 1 amide bonds. The molecular formula is C19H23N3O5S. The van der Waals surface area contributed by atoms with Crippen molar-refractivity contribution in [3.63, 3.8) is 0 Å². The Morgan fingerprint density at radius 3 is 2.79 bits per heavy atom. The number of aromatic nitrogens is 1. The van der Waals surface area contributed by atoms with Gasteiger partial charge in [0.05, 0.1) is 24.0 Å². The lowest BCUT2D eigenvalue weighted by molar-refractivity contribution is 0.0727. The first-order valence-corrected chi connectivity index (χ1v) is 10.8. The average molecular weight is 405 g/mol. The fourth-order valence-corrected chi connectivity index (χ4v) is 4.60. The molecular weight excluding hydrogens is 382 g/mol. The number of nitrogens with zero attached hydrogens (tertiary/aromatic N) is 2. The highest BCUT2D eigenvalue weighted by Gasteiger charge is 2.30. The zero-order chi connectivity index (χ0) is 20.1. The van der Waals surface area contributed by atoms with Crippen LogP contribution in [0.5, 0.6) is 0 Å². The van der Waals surface area contributed by atoms with Crippen molar-refractivity contribution >= 4 is 15.9 Å². The van der Waals surface area contributed by atoms with Gasteiger partial charge >= 0.3 is 0 Å². The number of nitrogens with two attached hydrogens (primary N) is 1. The van der Waals surface area contributed by atoms with Gasteiger partial charge in [-0.25, -0.2) is 18.5 Å². The largest absolute Gasteiger partial charge is 0.445 e. The standard InChI is InChI=1S/C19H23N3O5S/c1-11-7-14(8-17(12(11)2)28(20,24)25)19(23)22-5-3-16-15(9-22)21-18(27-16)13-4-6-26-10-13/h7-8,13H,3-6,9-10H2,1-2H3,(H2,20,24,25). The molecule has 1 aromatic carbocycles. The summed E-state index contributed by atoms with van der Waals surface area (Å²) < 4.78 is 35.0. The zero-order valence-electron chi connectivity index (χ0n) is 15.9. The number of aryl methyl sites for hydroxylation is 1. The maximum atomic E-state index is 13.0. The minimum absolute atomic E-state index is 0.0153. The first kappa shape index (κ1) is 19.1. The Balaban J connectivity index is 1.59. The van der Waals surface area contributed by atoms with Crippen LogP contribution in [0.2, 0.25) is 0 Å². The van der Waals surface area contributed by atoms with E-state index in [2.05, 4.69) is 4.98 Å². The molecule has 9 heteroatoms. The average Bonchev–Trinajstić information content (AvgIpc) is 3.30. The Morgan fingerprint density at radius 2 is 2.11 bits per heavy atom. The second kappa shape index (κ2) is 6.98. The summed E-state index contributed by atoms with van der Waals surface area (Å²) in [5.41, 5.74) is 2.33. The fourth-order valence-electron chi connectivity index (χ4n) is 3.72. The highest BCUT2D eigenvalue weighted by atomic mass is 32.2. The van der Waals surface area contributed by atoms with E-state index in [0.29, 0.717) is 55.3 Å². The molecule has 2 aromatic rings. The van der Waals surface area contributed by atoms with Crippen molar-refractivity contribution in [2.75, 3.05) is 19.8 Å². The van der Waals surface area contributed by atoms with Crippen molar-refractivity contribution in [2.45, 2.75) is 44.0 Å². The third-order valence-electron chi connectivity index (χ3n) is 5.48. The molecule has 2 aliphatic heterocycles. The van der Waals surface area contributed by atoms with Gasteiger partial charge in [-0.3, -0.25) is 4.79 Å². The van der Waals surface area contributed by atoms with Gasteiger partial charge in [0, 0.05) is 25.1 Å². The summed E-state index contributed by atoms with van der Waals surface area (Å²) in [6.45, 7) is 5.59. The zero-order valence-corrected chi connectivity index (χ0v) is 16.7. The SMILES string of the molecule is Cc1cc(C(=O)N2CCc3oc(C4CCOC4)nc3C2)cc(S(N)(=O)=O)c1C. The molecule has 1 atom stereocenters. The summed E-state index contributed by atoms with van der Waals surface area (Å²) in [5, 5.41) is 5.31. The van der Waals surface area contributed by atoms with Crippen LogP contribution in [0.1, 0.15) is 51.2 Å². The molecule has 2 N–H and O–H groups in total. The van der Waals surface area contributed by atoms with E-state index in [1.54, 1.807) is 24.8 Å². The number of carbonyl (C=O) groups excluding carboxylic acids is 1. The van der Waals surface area contributed by atoms with E-state index in [0.717, 1.165) is 17.9 Å². The number of primary sulfonamides is 1. The van der Waals surface area contributed by atoms with Crippen molar-refractivity contribution < 1.29 is 22.4 Å². The fraction of sp³-hybridized carbons (Fsp3) is 0.474. The Kier molecular flexibility index (Phi) is 4.76. The first-order valence-electron chi connectivity index (χ1n) is 9.23. The lowest BCUT2D eigenvalue weighted by atomic mass is 10.0. The molecule has 0 bridgehead atoms. The molecule has 1 fully saturated rings. The van der Waals surface area contributed by atoms with E-state index in [1.807, 2.05) is 0 Å². The molecule has 1 unspecified atom stereocenters. The summed E-state index contributed by atoms with van der Waals surface area (Å²) in [6, 6.07) is 3.06. The quantitative estimate of drug-likeness (QED) is 0.830. The topological polar surface area (TPSA) is 116 Å². The summed E-state index contributed by atoms with van der Waals surface area (Å²) in [5.74, 6) is 1.43. The van der Waals surface area contributed by atoms with Crippen LogP contribution in [0.3, 0.4) is 0 Å². The minimum Gasteiger partial charge on any atom is -0.445 e. The van der Waals surface area contributed by atoms with Crippen molar-refractivity contribution in [1.29, 1.82) is 0 Å². The van der Waals surface area contributed by atoms with Crippen molar-refractivity contribution in [1.82, 2.24) is 9.88 Å². The Morgan fingerprint density at radius 1 is 1.32 bits per heavy atom. The smallest absolute Gasteiger partial charge is 0.254 e.